The minimum Gasteiger partial charge on any atom is -0.361 e. The molecule has 0 unspecified atom stereocenters. The van der Waals surface area contributed by atoms with Gasteiger partial charge in [-0.05, 0) is 12.5 Å². The van der Waals surface area contributed by atoms with E-state index in [0.717, 1.165) is 18.8 Å². The first-order valence-corrected chi connectivity index (χ1v) is 3.84. The number of nitrogens with zero attached hydrogens (tertiary/aromatic N) is 3. The van der Waals surface area contributed by atoms with Gasteiger partial charge in [0.15, 0.2) is 0 Å². The molecule has 0 aliphatic carbocycles. The third-order valence-corrected chi connectivity index (χ3v) is 1.62. The zero-order chi connectivity index (χ0) is 8.27. The summed E-state index contributed by atoms with van der Waals surface area (Å²) >= 11 is 0. The Bertz CT molecular complexity index is 182. The fourth-order valence-electron chi connectivity index (χ4n) is 0.947. The molecule has 1 aliphatic rings. The molecule has 0 aromatic rings. The van der Waals surface area contributed by atoms with E-state index in [-0.39, 0.29) is 0 Å². The molecule has 0 aromatic carbocycles. The highest BCUT2D eigenvalue weighted by molar-refractivity contribution is 5.92. The van der Waals surface area contributed by atoms with Crippen LogP contribution >= 0.6 is 0 Å². The van der Waals surface area contributed by atoms with Crippen LogP contribution in [0.3, 0.4) is 0 Å². The summed E-state index contributed by atoms with van der Waals surface area (Å²) in [5.74, 6) is 1.02. The Morgan fingerprint density at radius 1 is 1.55 bits per heavy atom. The van der Waals surface area contributed by atoms with E-state index in [1.165, 1.54) is 0 Å². The van der Waals surface area contributed by atoms with E-state index >= 15 is 0 Å². The lowest BCUT2D eigenvalue weighted by Crippen LogP contribution is -2.23. The minimum absolute atomic E-state index is 1.01. The summed E-state index contributed by atoms with van der Waals surface area (Å²) in [7, 11) is 6.00. The van der Waals surface area contributed by atoms with Crippen LogP contribution in [0.15, 0.2) is 17.3 Å². The zero-order valence-electron chi connectivity index (χ0n) is 7.41. The molecule has 0 amide bonds. The van der Waals surface area contributed by atoms with E-state index in [1.807, 2.05) is 31.1 Å². The number of likely N-dealkylation sites (N-methyl/N-ethyl adjacent to an activating group) is 1. The lowest BCUT2D eigenvalue weighted by molar-refractivity contribution is 0.358. The van der Waals surface area contributed by atoms with Crippen molar-refractivity contribution in [2.75, 3.05) is 27.7 Å². The number of hydrogen-bond acceptors (Lipinski definition) is 3. The Morgan fingerprint density at radius 2 is 2.27 bits per heavy atom. The van der Waals surface area contributed by atoms with Crippen LogP contribution in [0, 0.1) is 0 Å². The average Bonchev–Trinajstić information content (AvgIpc) is 2.13. The highest BCUT2D eigenvalue weighted by atomic mass is 15.5. The van der Waals surface area contributed by atoms with Crippen molar-refractivity contribution in [3.63, 3.8) is 0 Å². The Hall–Kier alpha value is -0.990. The smallest absolute Gasteiger partial charge is 0.147 e. The maximum atomic E-state index is 4.36. The summed E-state index contributed by atoms with van der Waals surface area (Å²) in [5.41, 5.74) is 0. The van der Waals surface area contributed by atoms with Crippen LogP contribution in [0.2, 0.25) is 0 Å². The van der Waals surface area contributed by atoms with Gasteiger partial charge in [0.05, 0.1) is 0 Å². The molecule has 0 N–H and O–H groups in total. The molecule has 0 atom stereocenters. The van der Waals surface area contributed by atoms with Crippen molar-refractivity contribution in [3.05, 3.63) is 12.2 Å². The molecule has 0 fully saturated rings. The zero-order valence-corrected chi connectivity index (χ0v) is 7.41. The molecule has 1 heterocycles. The van der Waals surface area contributed by atoms with Crippen LogP contribution in [-0.2, 0) is 0 Å². The van der Waals surface area contributed by atoms with Crippen molar-refractivity contribution in [1.29, 1.82) is 0 Å². The fraction of sp³-hybridized carbons (Fsp3) is 0.625. The van der Waals surface area contributed by atoms with E-state index in [0.29, 0.717) is 0 Å². The summed E-state index contributed by atoms with van der Waals surface area (Å²) in [5, 5.41) is 6.33. The van der Waals surface area contributed by atoms with Gasteiger partial charge in [0.25, 0.3) is 0 Å². The minimum atomic E-state index is 1.01. The van der Waals surface area contributed by atoms with Crippen molar-refractivity contribution < 1.29 is 0 Å². The van der Waals surface area contributed by atoms with Crippen molar-refractivity contribution >= 4 is 5.84 Å². The predicted octanol–water partition coefficient (Wildman–Crippen LogP) is 0.753. The quantitative estimate of drug-likeness (QED) is 0.511. The summed E-state index contributed by atoms with van der Waals surface area (Å²) < 4.78 is 0. The Labute approximate surface area is 68.0 Å². The lowest BCUT2D eigenvalue weighted by Gasteiger charge is -2.15. The molecule has 0 saturated heterocycles. The summed E-state index contributed by atoms with van der Waals surface area (Å²) in [6.07, 6.45) is 5.29. The van der Waals surface area contributed by atoms with Gasteiger partial charge in [0.2, 0.25) is 0 Å². The van der Waals surface area contributed by atoms with Gasteiger partial charge in [0.1, 0.15) is 5.84 Å². The maximum Gasteiger partial charge on any atom is 0.147 e. The Balaban J connectivity index is 2.71. The molecule has 1 aliphatic heterocycles. The van der Waals surface area contributed by atoms with Gasteiger partial charge in [-0.2, -0.15) is 5.10 Å². The van der Waals surface area contributed by atoms with E-state index < -0.39 is 0 Å². The first kappa shape index (κ1) is 8.11. The van der Waals surface area contributed by atoms with Crippen LogP contribution < -0.4 is 0 Å². The van der Waals surface area contributed by atoms with Crippen LogP contribution in [0.1, 0.15) is 6.42 Å². The third kappa shape index (κ3) is 2.26. The number of amidine groups is 1. The van der Waals surface area contributed by atoms with Crippen LogP contribution in [0.4, 0.5) is 0 Å². The second kappa shape index (κ2) is 3.42. The first-order chi connectivity index (χ1) is 5.20. The van der Waals surface area contributed by atoms with E-state index in [9.17, 15) is 0 Å². The van der Waals surface area contributed by atoms with Crippen LogP contribution in [0.25, 0.3) is 0 Å². The SMILES string of the molecule is CN1CCC=CC(N(C)C)=N1. The molecule has 0 spiro atoms. The van der Waals surface area contributed by atoms with Crippen molar-refractivity contribution in [1.82, 2.24) is 9.91 Å². The molecule has 62 valence electrons. The highest BCUT2D eigenvalue weighted by Gasteiger charge is 2.02. The van der Waals surface area contributed by atoms with Crippen molar-refractivity contribution in [2.24, 2.45) is 5.10 Å². The van der Waals surface area contributed by atoms with Gasteiger partial charge in [0, 0.05) is 27.7 Å². The Kier molecular flexibility index (Phi) is 2.52. The summed E-state index contributed by atoms with van der Waals surface area (Å²) in [4.78, 5) is 2.01. The van der Waals surface area contributed by atoms with E-state index in [1.54, 1.807) is 0 Å². The van der Waals surface area contributed by atoms with Gasteiger partial charge in [-0.25, -0.2) is 0 Å². The van der Waals surface area contributed by atoms with Gasteiger partial charge in [-0.1, -0.05) is 6.08 Å². The Morgan fingerprint density at radius 3 is 2.91 bits per heavy atom. The highest BCUT2D eigenvalue weighted by Crippen LogP contribution is 1.99. The normalized spacial score (nSPS) is 17.7. The molecule has 3 heteroatoms. The molecule has 0 bridgehead atoms. The predicted molar refractivity (Wildman–Crippen MR) is 47.5 cm³/mol. The molecule has 1 rings (SSSR count). The van der Waals surface area contributed by atoms with Crippen molar-refractivity contribution in [3.8, 4) is 0 Å². The second-order valence-corrected chi connectivity index (χ2v) is 2.92. The molecular weight excluding hydrogens is 138 g/mol. The van der Waals surface area contributed by atoms with Crippen LogP contribution in [0.5, 0.6) is 0 Å². The standard InChI is InChI=1S/C8H15N3/c1-10(2)8-6-4-5-7-11(3)9-8/h4,6H,5,7H2,1-3H3. The number of rotatable bonds is 0. The molecular formula is C8H15N3. The average molecular weight is 153 g/mol. The monoisotopic (exact) mass is 153 g/mol. The number of hydrogen-bond donors (Lipinski definition) is 0. The summed E-state index contributed by atoms with van der Waals surface area (Å²) in [6, 6.07) is 0. The van der Waals surface area contributed by atoms with Crippen LogP contribution in [-0.4, -0.2) is 43.4 Å². The maximum absolute atomic E-state index is 4.36. The van der Waals surface area contributed by atoms with E-state index in [2.05, 4.69) is 17.3 Å². The molecule has 3 nitrogen and oxygen atoms in total. The molecule has 0 radical (unpaired) electrons. The van der Waals surface area contributed by atoms with E-state index in [4.69, 9.17) is 0 Å². The third-order valence-electron chi connectivity index (χ3n) is 1.62. The van der Waals surface area contributed by atoms with Gasteiger partial charge >= 0.3 is 0 Å². The molecule has 11 heavy (non-hydrogen) atoms. The van der Waals surface area contributed by atoms with Gasteiger partial charge in [-0.3, -0.25) is 5.01 Å². The number of hydrazone groups is 1. The van der Waals surface area contributed by atoms with Gasteiger partial charge in [-0.15, -0.1) is 0 Å². The first-order valence-electron chi connectivity index (χ1n) is 3.84. The lowest BCUT2D eigenvalue weighted by atomic mass is 10.3. The molecule has 0 saturated carbocycles. The van der Waals surface area contributed by atoms with Crippen molar-refractivity contribution in [2.45, 2.75) is 6.42 Å². The largest absolute Gasteiger partial charge is 0.361 e. The topological polar surface area (TPSA) is 18.8 Å². The fourth-order valence-corrected chi connectivity index (χ4v) is 0.947. The summed E-state index contributed by atoms with van der Waals surface area (Å²) in [6.45, 7) is 1.01. The van der Waals surface area contributed by atoms with Gasteiger partial charge < -0.3 is 4.90 Å². The second-order valence-electron chi connectivity index (χ2n) is 2.92. The molecule has 0 aromatic heterocycles.